The van der Waals surface area contributed by atoms with Crippen LogP contribution in [0.4, 0.5) is 0 Å². The van der Waals surface area contributed by atoms with Gasteiger partial charge in [0.2, 0.25) is 0 Å². The number of hydrogen-bond donors (Lipinski definition) is 3. The Hall–Kier alpha value is -2.95. The van der Waals surface area contributed by atoms with Crippen molar-refractivity contribution < 1.29 is 14.9 Å². The molecule has 1 saturated carbocycles. The van der Waals surface area contributed by atoms with Crippen LogP contribution in [0.1, 0.15) is 28.3 Å². The molecule has 0 radical (unpaired) electrons. The molecule has 2 aliphatic rings. The minimum Gasteiger partial charge on any atom is -0.476 e. The molecule has 0 unspecified atom stereocenters. The maximum atomic E-state index is 12.2. The van der Waals surface area contributed by atoms with Gasteiger partial charge in [0.25, 0.3) is 0 Å². The fourth-order valence-electron chi connectivity index (χ4n) is 5.32. The minimum absolute atomic E-state index is 0.132. The molecule has 6 nitrogen and oxygen atoms in total. The molecule has 3 aromatic rings. The number of fused-ring (bicyclic) bond motifs is 3. The number of nitrogens with zero attached hydrogens (tertiary/aromatic N) is 2. The molecule has 0 spiro atoms. The molecule has 31 heavy (non-hydrogen) atoms. The van der Waals surface area contributed by atoms with Gasteiger partial charge in [-0.25, -0.2) is 0 Å². The molecule has 1 aromatic heterocycles. The van der Waals surface area contributed by atoms with Gasteiger partial charge < -0.3 is 20.7 Å². The maximum Gasteiger partial charge on any atom is 0.181 e. The number of aromatic nitrogens is 1. The summed E-state index contributed by atoms with van der Waals surface area (Å²) in [4.78, 5) is 4.36. The molecule has 2 aromatic carbocycles. The van der Waals surface area contributed by atoms with Gasteiger partial charge in [-0.2, -0.15) is 5.26 Å². The van der Waals surface area contributed by atoms with Gasteiger partial charge in [-0.15, -0.1) is 0 Å². The Labute approximate surface area is 184 Å². The summed E-state index contributed by atoms with van der Waals surface area (Å²) in [6, 6.07) is 20.1. The molecule has 4 N–H and O–H groups in total. The van der Waals surface area contributed by atoms with Crippen molar-refractivity contribution in [3.8, 4) is 11.8 Å². The van der Waals surface area contributed by atoms with Crippen molar-refractivity contribution in [2.45, 2.75) is 23.2 Å². The average Bonchev–Trinajstić information content (AvgIpc) is 3.16. The van der Waals surface area contributed by atoms with Crippen LogP contribution in [0.2, 0.25) is 5.02 Å². The standard InChI is InChI=1S/C24H20ClN3O3/c25-17-10-19-21(28-13-17)23(30)22(29)18(12-27)20(15-4-2-1-3-5-15)24(23,31-19)16-8-6-14(11-26)7-9-16/h1-10,13,18,20,22,29-30H,12,27H2/t18-,20-,22-,23+,24+/m1/s1. The van der Waals surface area contributed by atoms with Crippen molar-refractivity contribution in [1.29, 1.82) is 5.26 Å². The molecule has 1 aliphatic heterocycles. The highest BCUT2D eigenvalue weighted by Gasteiger charge is 2.76. The molecule has 5 rings (SSSR count). The molecule has 0 saturated heterocycles. The Kier molecular flexibility index (Phi) is 4.54. The molecule has 2 heterocycles. The lowest BCUT2D eigenvalue weighted by Gasteiger charge is -2.40. The van der Waals surface area contributed by atoms with Crippen LogP contribution >= 0.6 is 11.6 Å². The van der Waals surface area contributed by atoms with Gasteiger partial charge in [0, 0.05) is 24.1 Å². The maximum absolute atomic E-state index is 12.2. The highest BCUT2D eigenvalue weighted by molar-refractivity contribution is 6.30. The summed E-state index contributed by atoms with van der Waals surface area (Å²) in [7, 11) is 0. The van der Waals surface area contributed by atoms with Crippen molar-refractivity contribution in [3.63, 3.8) is 0 Å². The van der Waals surface area contributed by atoms with Crippen molar-refractivity contribution in [2.24, 2.45) is 11.7 Å². The van der Waals surface area contributed by atoms with Gasteiger partial charge in [-0.05, 0) is 29.8 Å². The van der Waals surface area contributed by atoms with Gasteiger partial charge in [-0.3, -0.25) is 4.98 Å². The normalized spacial score (nSPS) is 30.9. The first-order chi connectivity index (χ1) is 15.0. The Morgan fingerprint density at radius 2 is 1.87 bits per heavy atom. The SMILES string of the molecule is N#Cc1ccc([C@@]23Oc4cc(Cl)cnc4[C@]2(O)[C@H](O)[C@H](CN)[C@H]3c2ccccc2)cc1. The van der Waals surface area contributed by atoms with E-state index in [0.29, 0.717) is 21.9 Å². The largest absolute Gasteiger partial charge is 0.476 e. The molecule has 7 heteroatoms. The fourth-order valence-corrected chi connectivity index (χ4v) is 5.47. The monoisotopic (exact) mass is 433 g/mol. The smallest absolute Gasteiger partial charge is 0.181 e. The number of halogens is 1. The summed E-state index contributed by atoms with van der Waals surface area (Å²) in [5.74, 6) is -0.678. The van der Waals surface area contributed by atoms with E-state index >= 15 is 0 Å². The third-order valence-electron chi connectivity index (χ3n) is 6.59. The average molecular weight is 434 g/mol. The summed E-state index contributed by atoms with van der Waals surface area (Å²) < 4.78 is 6.54. The molecule has 1 fully saturated rings. The van der Waals surface area contributed by atoms with Gasteiger partial charge in [0.05, 0.1) is 22.8 Å². The van der Waals surface area contributed by atoms with Crippen LogP contribution in [0.25, 0.3) is 0 Å². The van der Waals surface area contributed by atoms with E-state index in [1.54, 1.807) is 30.3 Å². The Bertz CT molecular complexity index is 1180. The zero-order chi connectivity index (χ0) is 21.8. The Morgan fingerprint density at radius 1 is 1.16 bits per heavy atom. The number of ether oxygens (including phenoxy) is 1. The molecular formula is C24H20ClN3O3. The van der Waals surface area contributed by atoms with Gasteiger partial charge in [0.15, 0.2) is 11.2 Å². The van der Waals surface area contributed by atoms with Crippen LogP contribution in [0.15, 0.2) is 66.9 Å². The van der Waals surface area contributed by atoms with Crippen molar-refractivity contribution in [2.75, 3.05) is 6.54 Å². The second kappa shape index (κ2) is 7.04. The van der Waals surface area contributed by atoms with Gasteiger partial charge >= 0.3 is 0 Å². The van der Waals surface area contributed by atoms with Crippen LogP contribution in [-0.2, 0) is 11.2 Å². The van der Waals surface area contributed by atoms with Crippen molar-refractivity contribution in [3.05, 3.63) is 94.3 Å². The number of rotatable bonds is 3. The number of nitriles is 1. The highest BCUT2D eigenvalue weighted by Crippen LogP contribution is 2.67. The van der Waals surface area contributed by atoms with E-state index in [1.165, 1.54) is 6.20 Å². The van der Waals surface area contributed by atoms with Crippen LogP contribution in [0.5, 0.6) is 5.75 Å². The van der Waals surface area contributed by atoms with E-state index in [-0.39, 0.29) is 12.2 Å². The third kappa shape index (κ3) is 2.52. The quantitative estimate of drug-likeness (QED) is 0.585. The van der Waals surface area contributed by atoms with Crippen LogP contribution in [-0.4, -0.2) is 27.8 Å². The lowest BCUT2D eigenvalue weighted by atomic mass is 9.71. The van der Waals surface area contributed by atoms with Gasteiger partial charge in [0.1, 0.15) is 11.4 Å². The lowest BCUT2D eigenvalue weighted by Crippen LogP contribution is -2.52. The third-order valence-corrected chi connectivity index (χ3v) is 6.80. The Morgan fingerprint density at radius 3 is 2.52 bits per heavy atom. The summed E-state index contributed by atoms with van der Waals surface area (Å²) in [6.45, 7) is 0.132. The first-order valence-electron chi connectivity index (χ1n) is 9.98. The second-order valence-electron chi connectivity index (χ2n) is 8.03. The first-order valence-corrected chi connectivity index (χ1v) is 10.4. The van der Waals surface area contributed by atoms with Gasteiger partial charge in [-0.1, -0.05) is 54.1 Å². The lowest BCUT2D eigenvalue weighted by molar-refractivity contribution is -0.153. The Balaban J connectivity index is 1.84. The predicted octanol–water partition coefficient (Wildman–Crippen LogP) is 2.82. The van der Waals surface area contributed by atoms with Crippen LogP contribution < -0.4 is 10.5 Å². The van der Waals surface area contributed by atoms with E-state index in [0.717, 1.165) is 5.56 Å². The number of benzene rings is 2. The molecule has 1 aliphatic carbocycles. The fraction of sp³-hybridized carbons (Fsp3) is 0.250. The topological polar surface area (TPSA) is 112 Å². The van der Waals surface area contributed by atoms with E-state index in [1.807, 2.05) is 30.3 Å². The summed E-state index contributed by atoms with van der Waals surface area (Å²) in [5, 5.41) is 33.3. The minimum atomic E-state index is -1.87. The van der Waals surface area contributed by atoms with E-state index in [9.17, 15) is 15.5 Å². The highest BCUT2D eigenvalue weighted by atomic mass is 35.5. The predicted molar refractivity (Wildman–Crippen MR) is 114 cm³/mol. The van der Waals surface area contributed by atoms with Crippen LogP contribution in [0, 0.1) is 17.2 Å². The zero-order valence-corrected chi connectivity index (χ0v) is 17.2. The first kappa shape index (κ1) is 20.0. The molecule has 5 atom stereocenters. The zero-order valence-electron chi connectivity index (χ0n) is 16.4. The number of hydrogen-bond acceptors (Lipinski definition) is 6. The summed E-state index contributed by atoms with van der Waals surface area (Å²) in [5.41, 5.74) is 5.04. The number of aliphatic hydroxyl groups excluding tert-OH is 1. The van der Waals surface area contributed by atoms with Crippen molar-refractivity contribution in [1.82, 2.24) is 4.98 Å². The summed E-state index contributed by atoms with van der Waals surface area (Å²) >= 11 is 6.16. The van der Waals surface area contributed by atoms with Crippen LogP contribution in [0.3, 0.4) is 0 Å². The molecule has 156 valence electrons. The van der Waals surface area contributed by atoms with E-state index in [2.05, 4.69) is 11.1 Å². The molecular weight excluding hydrogens is 414 g/mol. The number of aliphatic hydroxyl groups is 2. The number of nitrogens with two attached hydrogens (primary N) is 1. The van der Waals surface area contributed by atoms with E-state index < -0.39 is 29.1 Å². The van der Waals surface area contributed by atoms with E-state index in [4.69, 9.17) is 22.1 Å². The van der Waals surface area contributed by atoms with Crippen molar-refractivity contribution >= 4 is 11.6 Å². The second-order valence-corrected chi connectivity index (χ2v) is 8.46. The number of pyridine rings is 1. The molecule has 0 bridgehead atoms. The summed E-state index contributed by atoms with van der Waals surface area (Å²) in [6.07, 6.45) is 0.185. The molecule has 0 amide bonds.